The molecule has 0 aliphatic carbocycles. The molecule has 20 heavy (non-hydrogen) atoms. The lowest BCUT2D eigenvalue weighted by molar-refractivity contribution is 0.983. The van der Waals surface area contributed by atoms with Crippen LogP contribution in [0.5, 0.6) is 0 Å². The van der Waals surface area contributed by atoms with Gasteiger partial charge in [-0.05, 0) is 12.5 Å². The van der Waals surface area contributed by atoms with Crippen molar-refractivity contribution in [2.45, 2.75) is 13.3 Å². The Hall–Kier alpha value is -2.34. The molecule has 1 N–H and O–H groups in total. The number of benzene rings is 1. The van der Waals surface area contributed by atoms with Crippen LogP contribution in [0.1, 0.15) is 11.9 Å². The Bertz CT molecular complexity index is 696. The van der Waals surface area contributed by atoms with Gasteiger partial charge >= 0.3 is 0 Å². The van der Waals surface area contributed by atoms with E-state index in [1.165, 1.54) is 11.3 Å². The van der Waals surface area contributed by atoms with E-state index in [-0.39, 0.29) is 0 Å². The van der Waals surface area contributed by atoms with Gasteiger partial charge in [0.25, 0.3) is 0 Å². The van der Waals surface area contributed by atoms with Gasteiger partial charge in [-0.1, -0.05) is 48.6 Å². The molecule has 0 aliphatic heterocycles. The van der Waals surface area contributed by atoms with Crippen LogP contribution < -0.4 is 5.32 Å². The molecule has 0 bridgehead atoms. The molecule has 2 heterocycles. The number of hydrogen-bond acceptors (Lipinski definition) is 6. The third kappa shape index (κ3) is 2.80. The Balaban J connectivity index is 1.84. The third-order valence-corrected chi connectivity index (χ3v) is 3.70. The smallest absolute Gasteiger partial charge is 0.229 e. The molecule has 1 aromatic carbocycles. The zero-order valence-corrected chi connectivity index (χ0v) is 11.8. The van der Waals surface area contributed by atoms with Crippen molar-refractivity contribution in [3.8, 4) is 11.3 Å². The maximum Gasteiger partial charge on any atom is 0.229 e. The standard InChI is InChI=1S/C14H13N5S/c1-2-12-18-19-14(20-12)17-13-15-9-8-11(16-13)10-6-4-3-5-7-10/h3-9H,2H2,1H3,(H,15,16,17,19). The molecule has 0 aliphatic rings. The summed E-state index contributed by atoms with van der Waals surface area (Å²) in [4.78, 5) is 8.70. The monoisotopic (exact) mass is 283 g/mol. The highest BCUT2D eigenvalue weighted by atomic mass is 32.1. The van der Waals surface area contributed by atoms with Crippen LogP contribution >= 0.6 is 11.3 Å². The highest BCUT2D eigenvalue weighted by molar-refractivity contribution is 7.15. The lowest BCUT2D eigenvalue weighted by Crippen LogP contribution is -1.97. The fraction of sp³-hybridized carbons (Fsp3) is 0.143. The van der Waals surface area contributed by atoms with Gasteiger partial charge in [0.15, 0.2) is 0 Å². The van der Waals surface area contributed by atoms with Crippen molar-refractivity contribution in [1.29, 1.82) is 0 Å². The summed E-state index contributed by atoms with van der Waals surface area (Å²) in [5.41, 5.74) is 1.94. The van der Waals surface area contributed by atoms with Crippen LogP contribution in [0.25, 0.3) is 11.3 Å². The predicted molar refractivity (Wildman–Crippen MR) is 80.0 cm³/mol. The van der Waals surface area contributed by atoms with Crippen molar-refractivity contribution in [2.75, 3.05) is 5.32 Å². The van der Waals surface area contributed by atoms with Crippen LogP contribution in [0.15, 0.2) is 42.6 Å². The quantitative estimate of drug-likeness (QED) is 0.796. The molecule has 0 atom stereocenters. The molecule has 0 unspecified atom stereocenters. The van der Waals surface area contributed by atoms with Crippen molar-refractivity contribution in [3.63, 3.8) is 0 Å². The number of aryl methyl sites for hydroxylation is 1. The fourth-order valence-corrected chi connectivity index (χ4v) is 2.40. The number of aromatic nitrogens is 4. The molecule has 3 aromatic rings. The molecule has 0 fully saturated rings. The molecule has 2 aromatic heterocycles. The minimum Gasteiger partial charge on any atom is -0.299 e. The Labute approximate surface area is 120 Å². The van der Waals surface area contributed by atoms with Gasteiger partial charge in [-0.3, -0.25) is 5.32 Å². The van der Waals surface area contributed by atoms with Crippen molar-refractivity contribution < 1.29 is 0 Å². The number of hydrogen-bond donors (Lipinski definition) is 1. The van der Waals surface area contributed by atoms with Gasteiger partial charge in [0.2, 0.25) is 11.1 Å². The summed E-state index contributed by atoms with van der Waals surface area (Å²) in [6.45, 7) is 2.05. The SMILES string of the molecule is CCc1nnc(Nc2nccc(-c3ccccc3)n2)s1. The third-order valence-electron chi connectivity index (χ3n) is 2.71. The van der Waals surface area contributed by atoms with Crippen LogP contribution in [0, 0.1) is 0 Å². The van der Waals surface area contributed by atoms with Crippen LogP contribution in [-0.2, 0) is 6.42 Å². The number of nitrogens with zero attached hydrogens (tertiary/aromatic N) is 4. The first-order valence-corrected chi connectivity index (χ1v) is 7.14. The minimum absolute atomic E-state index is 0.533. The van der Waals surface area contributed by atoms with E-state index >= 15 is 0 Å². The Morgan fingerprint density at radius 3 is 2.70 bits per heavy atom. The molecule has 0 spiro atoms. The van der Waals surface area contributed by atoms with Crippen LogP contribution in [0.4, 0.5) is 11.1 Å². The fourth-order valence-electron chi connectivity index (χ4n) is 1.73. The molecule has 0 amide bonds. The number of anilines is 2. The van der Waals surface area contributed by atoms with Gasteiger partial charge in [0, 0.05) is 11.8 Å². The zero-order chi connectivity index (χ0) is 13.8. The molecule has 0 saturated heterocycles. The molecule has 100 valence electrons. The Morgan fingerprint density at radius 1 is 1.10 bits per heavy atom. The van der Waals surface area contributed by atoms with E-state index in [1.54, 1.807) is 6.20 Å². The molecular weight excluding hydrogens is 270 g/mol. The second kappa shape index (κ2) is 5.75. The zero-order valence-electron chi connectivity index (χ0n) is 10.9. The van der Waals surface area contributed by atoms with E-state index in [1.807, 2.05) is 36.4 Å². The summed E-state index contributed by atoms with van der Waals surface area (Å²) < 4.78 is 0. The summed E-state index contributed by atoms with van der Waals surface area (Å²) in [6, 6.07) is 11.9. The van der Waals surface area contributed by atoms with Gasteiger partial charge in [-0.15, -0.1) is 10.2 Å². The summed E-state index contributed by atoms with van der Waals surface area (Å²) in [7, 11) is 0. The predicted octanol–water partition coefficient (Wildman–Crippen LogP) is 3.30. The van der Waals surface area contributed by atoms with E-state index < -0.39 is 0 Å². The van der Waals surface area contributed by atoms with Gasteiger partial charge in [0.05, 0.1) is 5.69 Å². The molecule has 0 radical (unpaired) electrons. The van der Waals surface area contributed by atoms with Crippen molar-refractivity contribution in [3.05, 3.63) is 47.6 Å². The average Bonchev–Trinajstić information content (AvgIpc) is 2.96. The van der Waals surface area contributed by atoms with E-state index in [2.05, 4.69) is 32.4 Å². The van der Waals surface area contributed by atoms with E-state index in [0.29, 0.717) is 11.1 Å². The lowest BCUT2D eigenvalue weighted by atomic mass is 10.1. The average molecular weight is 283 g/mol. The lowest BCUT2D eigenvalue weighted by Gasteiger charge is -2.03. The van der Waals surface area contributed by atoms with Crippen molar-refractivity contribution in [1.82, 2.24) is 20.2 Å². The van der Waals surface area contributed by atoms with Crippen LogP contribution in [-0.4, -0.2) is 20.2 Å². The topological polar surface area (TPSA) is 63.6 Å². The van der Waals surface area contributed by atoms with E-state index in [0.717, 1.165) is 22.7 Å². The van der Waals surface area contributed by atoms with Crippen LogP contribution in [0.3, 0.4) is 0 Å². The minimum atomic E-state index is 0.533. The van der Waals surface area contributed by atoms with E-state index in [4.69, 9.17) is 0 Å². The largest absolute Gasteiger partial charge is 0.299 e. The van der Waals surface area contributed by atoms with Crippen molar-refractivity contribution >= 4 is 22.4 Å². The normalized spacial score (nSPS) is 10.4. The van der Waals surface area contributed by atoms with Crippen molar-refractivity contribution in [2.24, 2.45) is 0 Å². The molecule has 5 nitrogen and oxygen atoms in total. The molecule has 0 saturated carbocycles. The molecule has 6 heteroatoms. The van der Waals surface area contributed by atoms with Crippen LogP contribution in [0.2, 0.25) is 0 Å². The van der Waals surface area contributed by atoms with E-state index in [9.17, 15) is 0 Å². The second-order valence-corrected chi connectivity index (χ2v) is 5.17. The molecular formula is C14H13N5S. The summed E-state index contributed by atoms with van der Waals surface area (Å²) in [6.07, 6.45) is 2.61. The Kier molecular flexibility index (Phi) is 3.64. The highest BCUT2D eigenvalue weighted by Gasteiger charge is 2.06. The summed E-state index contributed by atoms with van der Waals surface area (Å²) >= 11 is 1.52. The summed E-state index contributed by atoms with van der Waals surface area (Å²) in [5, 5.41) is 12.9. The van der Waals surface area contributed by atoms with Gasteiger partial charge < -0.3 is 0 Å². The first-order valence-electron chi connectivity index (χ1n) is 6.33. The molecule has 3 rings (SSSR count). The highest BCUT2D eigenvalue weighted by Crippen LogP contribution is 2.21. The van der Waals surface area contributed by atoms with Gasteiger partial charge in [0.1, 0.15) is 5.01 Å². The Morgan fingerprint density at radius 2 is 1.95 bits per heavy atom. The van der Waals surface area contributed by atoms with Gasteiger partial charge in [-0.25, -0.2) is 9.97 Å². The number of nitrogens with one attached hydrogen (secondary N) is 1. The number of rotatable bonds is 4. The second-order valence-electron chi connectivity index (χ2n) is 4.11. The first kappa shape index (κ1) is 12.7. The summed E-state index contributed by atoms with van der Waals surface area (Å²) in [5.74, 6) is 0.533. The maximum atomic E-state index is 4.49. The van der Waals surface area contributed by atoms with Gasteiger partial charge in [-0.2, -0.15) is 0 Å². The maximum absolute atomic E-state index is 4.49. The first-order chi connectivity index (χ1) is 9.85.